The average Bonchev–Trinajstić information content (AvgIpc) is 2.43. The van der Waals surface area contributed by atoms with Crippen molar-refractivity contribution in [1.82, 2.24) is 10.3 Å². The van der Waals surface area contributed by atoms with Gasteiger partial charge < -0.3 is 11.1 Å². The quantitative estimate of drug-likeness (QED) is 0.661. The minimum Gasteiger partial charge on any atom is -0.370 e. The first-order valence-corrected chi connectivity index (χ1v) is 7.19. The number of pyridine rings is 1. The van der Waals surface area contributed by atoms with Crippen LogP contribution in [0.5, 0.6) is 0 Å². The van der Waals surface area contributed by atoms with Gasteiger partial charge in [-0.1, -0.05) is 24.6 Å². The molecule has 3 rings (SSSR count). The third-order valence-electron chi connectivity index (χ3n) is 3.96. The number of aromatic nitrogens is 1. The van der Waals surface area contributed by atoms with Crippen LogP contribution in [0.1, 0.15) is 24.8 Å². The van der Waals surface area contributed by atoms with Crippen LogP contribution in [0.2, 0.25) is 0 Å². The lowest BCUT2D eigenvalue weighted by Crippen LogP contribution is -2.37. The van der Waals surface area contributed by atoms with Crippen molar-refractivity contribution in [2.45, 2.75) is 25.8 Å². The largest absolute Gasteiger partial charge is 0.370 e. The highest BCUT2D eigenvalue weighted by Gasteiger charge is 2.16. The minimum absolute atomic E-state index is 0.540. The smallest absolute Gasteiger partial charge is 0.188 e. The van der Waals surface area contributed by atoms with Crippen molar-refractivity contribution in [3.63, 3.8) is 0 Å². The topological polar surface area (TPSA) is 63.3 Å². The second kappa shape index (κ2) is 5.90. The number of nitrogens with two attached hydrogens (primary N) is 1. The van der Waals surface area contributed by atoms with Gasteiger partial charge in [0.1, 0.15) is 0 Å². The van der Waals surface area contributed by atoms with E-state index in [1.165, 1.54) is 19.3 Å². The summed E-state index contributed by atoms with van der Waals surface area (Å²) in [6, 6.07) is 10.1. The monoisotopic (exact) mass is 268 g/mol. The Hall–Kier alpha value is -2.10. The van der Waals surface area contributed by atoms with Gasteiger partial charge in [-0.2, -0.15) is 0 Å². The Morgan fingerprint density at radius 1 is 1.30 bits per heavy atom. The molecule has 1 aromatic heterocycles. The number of rotatable bonds is 4. The van der Waals surface area contributed by atoms with E-state index in [-0.39, 0.29) is 0 Å². The van der Waals surface area contributed by atoms with Crippen molar-refractivity contribution in [3.05, 3.63) is 42.1 Å². The Morgan fingerprint density at radius 2 is 2.15 bits per heavy atom. The minimum atomic E-state index is 0.540. The molecule has 0 amide bonds. The summed E-state index contributed by atoms with van der Waals surface area (Å²) in [5.41, 5.74) is 8.07. The number of guanidine groups is 1. The summed E-state index contributed by atoms with van der Waals surface area (Å²) in [6.07, 6.45) is 5.81. The Morgan fingerprint density at radius 3 is 2.95 bits per heavy atom. The molecule has 4 nitrogen and oxygen atoms in total. The predicted octanol–water partition coefficient (Wildman–Crippen LogP) is 2.44. The Bertz CT molecular complexity index is 611. The molecule has 0 bridgehead atoms. The second-order valence-electron chi connectivity index (χ2n) is 5.37. The molecule has 1 aliphatic rings. The molecule has 1 saturated carbocycles. The summed E-state index contributed by atoms with van der Waals surface area (Å²) < 4.78 is 0. The van der Waals surface area contributed by atoms with Gasteiger partial charge in [0.25, 0.3) is 0 Å². The van der Waals surface area contributed by atoms with Crippen LogP contribution in [0.4, 0.5) is 0 Å². The molecule has 4 heteroatoms. The average molecular weight is 268 g/mol. The lowest BCUT2D eigenvalue weighted by atomic mass is 9.85. The van der Waals surface area contributed by atoms with Gasteiger partial charge >= 0.3 is 0 Å². The van der Waals surface area contributed by atoms with Crippen molar-refractivity contribution >= 4 is 16.9 Å². The van der Waals surface area contributed by atoms with E-state index in [0.717, 1.165) is 28.9 Å². The summed E-state index contributed by atoms with van der Waals surface area (Å²) in [5.74, 6) is 1.32. The highest BCUT2D eigenvalue weighted by molar-refractivity contribution is 5.82. The molecule has 1 fully saturated rings. The first-order chi connectivity index (χ1) is 9.83. The van der Waals surface area contributed by atoms with Crippen LogP contribution in [0.3, 0.4) is 0 Å². The van der Waals surface area contributed by atoms with Crippen molar-refractivity contribution in [2.75, 3.05) is 6.54 Å². The zero-order valence-electron chi connectivity index (χ0n) is 11.5. The van der Waals surface area contributed by atoms with Crippen LogP contribution in [-0.4, -0.2) is 17.5 Å². The number of aliphatic imine (C=N–C) groups is 1. The zero-order chi connectivity index (χ0) is 13.8. The third-order valence-corrected chi connectivity index (χ3v) is 3.96. The van der Waals surface area contributed by atoms with Gasteiger partial charge in [0.15, 0.2) is 5.96 Å². The van der Waals surface area contributed by atoms with Crippen LogP contribution in [0, 0.1) is 5.92 Å². The molecular weight excluding hydrogens is 248 g/mol. The fourth-order valence-electron chi connectivity index (χ4n) is 2.47. The van der Waals surface area contributed by atoms with E-state index < -0.39 is 0 Å². The fraction of sp³-hybridized carbons (Fsp3) is 0.375. The summed E-state index contributed by atoms with van der Waals surface area (Å²) in [4.78, 5) is 8.78. The maximum Gasteiger partial charge on any atom is 0.188 e. The molecule has 0 saturated heterocycles. The molecule has 1 heterocycles. The van der Waals surface area contributed by atoms with Crippen LogP contribution in [0.25, 0.3) is 10.9 Å². The number of hydrogen-bond donors (Lipinski definition) is 2. The Balaban J connectivity index is 1.66. The predicted molar refractivity (Wildman–Crippen MR) is 82.4 cm³/mol. The van der Waals surface area contributed by atoms with Gasteiger partial charge in [0.2, 0.25) is 0 Å². The van der Waals surface area contributed by atoms with Gasteiger partial charge in [-0.3, -0.25) is 4.98 Å². The Kier molecular flexibility index (Phi) is 3.81. The van der Waals surface area contributed by atoms with Gasteiger partial charge in [-0.25, -0.2) is 4.99 Å². The lowest BCUT2D eigenvalue weighted by Gasteiger charge is -2.25. The molecule has 20 heavy (non-hydrogen) atoms. The number of hydrogen-bond acceptors (Lipinski definition) is 2. The Labute approximate surface area is 119 Å². The zero-order valence-corrected chi connectivity index (χ0v) is 11.5. The molecule has 0 atom stereocenters. The van der Waals surface area contributed by atoms with E-state index in [1.807, 2.05) is 30.5 Å². The summed E-state index contributed by atoms with van der Waals surface area (Å²) in [5, 5.41) is 4.36. The molecule has 0 radical (unpaired) electrons. The number of para-hydroxylation sites is 1. The number of benzene rings is 1. The van der Waals surface area contributed by atoms with Crippen LogP contribution >= 0.6 is 0 Å². The molecule has 0 spiro atoms. The van der Waals surface area contributed by atoms with Gasteiger partial charge in [0.05, 0.1) is 12.1 Å². The maximum atomic E-state index is 5.92. The summed E-state index contributed by atoms with van der Waals surface area (Å²) >= 11 is 0. The van der Waals surface area contributed by atoms with Crippen molar-refractivity contribution in [2.24, 2.45) is 16.6 Å². The van der Waals surface area contributed by atoms with Crippen molar-refractivity contribution in [1.29, 1.82) is 0 Å². The summed E-state index contributed by atoms with van der Waals surface area (Å²) in [7, 11) is 0. The lowest BCUT2D eigenvalue weighted by molar-refractivity contribution is 0.315. The van der Waals surface area contributed by atoms with Gasteiger partial charge in [0, 0.05) is 18.1 Å². The highest BCUT2D eigenvalue weighted by Crippen LogP contribution is 2.25. The van der Waals surface area contributed by atoms with Gasteiger partial charge in [-0.15, -0.1) is 0 Å². The molecule has 3 N–H and O–H groups in total. The summed E-state index contributed by atoms with van der Waals surface area (Å²) in [6.45, 7) is 1.54. The molecular formula is C16H20N4. The van der Waals surface area contributed by atoms with E-state index in [9.17, 15) is 0 Å². The third kappa shape index (κ3) is 2.90. The SMILES string of the molecule is NC(=NCc1ccnc2ccccc12)NCC1CCC1. The molecule has 0 aliphatic heterocycles. The van der Waals surface area contributed by atoms with Gasteiger partial charge in [-0.05, 0) is 36.5 Å². The number of fused-ring (bicyclic) bond motifs is 1. The second-order valence-corrected chi connectivity index (χ2v) is 5.37. The van der Waals surface area contributed by atoms with Crippen LogP contribution in [-0.2, 0) is 6.54 Å². The molecule has 2 aromatic rings. The van der Waals surface area contributed by atoms with Crippen LogP contribution < -0.4 is 11.1 Å². The van der Waals surface area contributed by atoms with E-state index in [1.54, 1.807) is 0 Å². The van der Waals surface area contributed by atoms with E-state index >= 15 is 0 Å². The molecule has 1 aliphatic carbocycles. The number of nitrogens with zero attached hydrogens (tertiary/aromatic N) is 2. The molecule has 0 unspecified atom stereocenters. The van der Waals surface area contributed by atoms with Crippen LogP contribution in [0.15, 0.2) is 41.5 Å². The highest BCUT2D eigenvalue weighted by atomic mass is 15.1. The van der Waals surface area contributed by atoms with Crippen molar-refractivity contribution < 1.29 is 0 Å². The molecule has 104 valence electrons. The normalized spacial score (nSPS) is 16.1. The first-order valence-electron chi connectivity index (χ1n) is 7.19. The number of nitrogens with one attached hydrogen (secondary N) is 1. The standard InChI is InChI=1S/C16H20N4/c17-16(19-10-12-4-3-5-12)20-11-13-8-9-18-15-7-2-1-6-14(13)15/h1-2,6-9,12H,3-5,10-11H2,(H3,17,19,20). The fourth-order valence-corrected chi connectivity index (χ4v) is 2.47. The maximum absolute atomic E-state index is 5.92. The molecule has 1 aromatic carbocycles. The van der Waals surface area contributed by atoms with E-state index in [4.69, 9.17) is 5.73 Å². The first kappa shape index (κ1) is 12.9. The van der Waals surface area contributed by atoms with E-state index in [0.29, 0.717) is 12.5 Å². The van der Waals surface area contributed by atoms with Crippen molar-refractivity contribution in [3.8, 4) is 0 Å². The van der Waals surface area contributed by atoms with E-state index in [2.05, 4.69) is 21.4 Å².